The van der Waals surface area contributed by atoms with Gasteiger partial charge in [-0.3, -0.25) is 4.98 Å². The molecule has 0 saturated heterocycles. The number of benzene rings is 1. The summed E-state index contributed by atoms with van der Waals surface area (Å²) in [6.45, 7) is 0.186. The first kappa shape index (κ1) is 16.7. The number of nitrogens with one attached hydrogen (secondary N) is 1. The van der Waals surface area contributed by atoms with E-state index in [0.717, 1.165) is 0 Å². The summed E-state index contributed by atoms with van der Waals surface area (Å²) in [5.74, 6) is -6.31. The monoisotopic (exact) mass is 349 g/mol. The summed E-state index contributed by atoms with van der Waals surface area (Å²) in [5.41, 5.74) is -0.0931. The van der Waals surface area contributed by atoms with Gasteiger partial charge in [0.15, 0.2) is 0 Å². The second kappa shape index (κ2) is 7.16. The molecule has 2 aromatic heterocycles. The Bertz CT molecular complexity index is 864. The van der Waals surface area contributed by atoms with E-state index in [1.165, 1.54) is 12.1 Å². The molecule has 0 spiro atoms. The molecule has 0 atom stereocenters. The van der Waals surface area contributed by atoms with Crippen molar-refractivity contribution in [3.05, 3.63) is 77.9 Å². The predicted molar refractivity (Wildman–Crippen MR) is 82.4 cm³/mol. The van der Waals surface area contributed by atoms with Gasteiger partial charge in [0.2, 0.25) is 11.6 Å². The summed E-state index contributed by atoms with van der Waals surface area (Å²) in [7, 11) is 0. The van der Waals surface area contributed by atoms with Crippen molar-refractivity contribution in [2.45, 2.75) is 6.61 Å². The number of hydrogen-bond donors (Lipinski definition) is 1. The standard InChI is InChI=1S/C17H11F4N3O/c18-13-15(14(19)17(21)24-16(13)20)23-10-5-3-6-12(8-10)25-9-11-4-1-2-7-22-11/h1-8H,9H2,(H,23,24). The molecule has 3 rings (SSSR count). The summed E-state index contributed by atoms with van der Waals surface area (Å²) in [5, 5.41) is 2.30. The minimum atomic E-state index is -1.73. The number of aromatic nitrogens is 2. The van der Waals surface area contributed by atoms with E-state index in [-0.39, 0.29) is 12.3 Å². The van der Waals surface area contributed by atoms with Gasteiger partial charge in [0.25, 0.3) is 11.9 Å². The molecule has 0 amide bonds. The Hall–Kier alpha value is -3.16. The normalized spacial score (nSPS) is 10.6. The molecule has 0 fully saturated rings. The average Bonchev–Trinajstić information content (AvgIpc) is 2.63. The fourth-order valence-corrected chi connectivity index (χ4v) is 2.05. The van der Waals surface area contributed by atoms with E-state index in [1.54, 1.807) is 30.5 Å². The first-order valence-electron chi connectivity index (χ1n) is 7.14. The van der Waals surface area contributed by atoms with Crippen LogP contribution >= 0.6 is 0 Å². The highest BCUT2D eigenvalue weighted by atomic mass is 19.2. The van der Waals surface area contributed by atoms with Crippen LogP contribution in [0.25, 0.3) is 0 Å². The van der Waals surface area contributed by atoms with Crippen molar-refractivity contribution >= 4 is 11.4 Å². The highest BCUT2D eigenvalue weighted by Crippen LogP contribution is 2.27. The third-order valence-electron chi connectivity index (χ3n) is 3.21. The van der Waals surface area contributed by atoms with Crippen molar-refractivity contribution in [1.29, 1.82) is 0 Å². The largest absolute Gasteiger partial charge is 0.487 e. The molecule has 25 heavy (non-hydrogen) atoms. The average molecular weight is 349 g/mol. The lowest BCUT2D eigenvalue weighted by molar-refractivity contribution is 0.301. The van der Waals surface area contributed by atoms with Crippen LogP contribution in [0.15, 0.2) is 48.7 Å². The lowest BCUT2D eigenvalue weighted by atomic mass is 10.2. The van der Waals surface area contributed by atoms with Crippen LogP contribution in [-0.4, -0.2) is 9.97 Å². The maximum Gasteiger partial charge on any atom is 0.253 e. The van der Waals surface area contributed by atoms with Crippen molar-refractivity contribution in [1.82, 2.24) is 9.97 Å². The van der Waals surface area contributed by atoms with Crippen LogP contribution in [0.1, 0.15) is 5.69 Å². The van der Waals surface area contributed by atoms with Gasteiger partial charge in [-0.05, 0) is 24.3 Å². The molecule has 0 aliphatic carbocycles. The number of nitrogens with zero attached hydrogens (tertiary/aromatic N) is 2. The molecule has 0 bridgehead atoms. The Morgan fingerprint density at radius 3 is 2.36 bits per heavy atom. The minimum absolute atomic E-state index is 0.182. The second-order valence-electron chi connectivity index (χ2n) is 4.96. The number of halogens is 4. The number of anilines is 2. The van der Waals surface area contributed by atoms with Crippen molar-refractivity contribution in [2.24, 2.45) is 0 Å². The van der Waals surface area contributed by atoms with Gasteiger partial charge in [-0.15, -0.1) is 0 Å². The fraction of sp³-hybridized carbons (Fsp3) is 0.0588. The Labute approximate surface area is 140 Å². The summed E-state index contributed by atoms with van der Waals surface area (Å²) in [4.78, 5) is 6.60. The molecule has 3 aromatic rings. The summed E-state index contributed by atoms with van der Waals surface area (Å²) < 4.78 is 59.1. The molecular weight excluding hydrogens is 338 g/mol. The SMILES string of the molecule is Fc1nc(F)c(F)c(Nc2cccc(OCc3ccccn3)c2)c1F. The van der Waals surface area contributed by atoms with Gasteiger partial charge in [-0.1, -0.05) is 12.1 Å². The Morgan fingerprint density at radius 1 is 0.920 bits per heavy atom. The van der Waals surface area contributed by atoms with Crippen LogP contribution in [0.5, 0.6) is 5.75 Å². The molecular formula is C17H11F4N3O. The maximum absolute atomic E-state index is 13.7. The molecule has 128 valence electrons. The zero-order valence-corrected chi connectivity index (χ0v) is 12.6. The Kier molecular flexibility index (Phi) is 4.78. The quantitative estimate of drug-likeness (QED) is 0.549. The van der Waals surface area contributed by atoms with Gasteiger partial charge in [-0.2, -0.15) is 22.5 Å². The molecule has 0 unspecified atom stereocenters. The topological polar surface area (TPSA) is 47.0 Å². The van der Waals surface area contributed by atoms with Gasteiger partial charge >= 0.3 is 0 Å². The minimum Gasteiger partial charge on any atom is -0.487 e. The lowest BCUT2D eigenvalue weighted by Crippen LogP contribution is -2.06. The molecule has 0 saturated carbocycles. The fourth-order valence-electron chi connectivity index (χ4n) is 2.05. The van der Waals surface area contributed by atoms with Crippen molar-refractivity contribution < 1.29 is 22.3 Å². The van der Waals surface area contributed by atoms with E-state index >= 15 is 0 Å². The first-order chi connectivity index (χ1) is 12.0. The van der Waals surface area contributed by atoms with Gasteiger partial charge < -0.3 is 10.1 Å². The van der Waals surface area contributed by atoms with Crippen LogP contribution in [0.2, 0.25) is 0 Å². The summed E-state index contributed by atoms with van der Waals surface area (Å²) in [6.07, 6.45) is 1.62. The number of ether oxygens (including phenoxy) is 1. The lowest BCUT2D eigenvalue weighted by Gasteiger charge is -2.11. The molecule has 0 radical (unpaired) electrons. The van der Waals surface area contributed by atoms with E-state index in [2.05, 4.69) is 15.3 Å². The van der Waals surface area contributed by atoms with Gasteiger partial charge in [0, 0.05) is 18.0 Å². The van der Waals surface area contributed by atoms with E-state index < -0.39 is 29.2 Å². The molecule has 1 aromatic carbocycles. The number of rotatable bonds is 5. The molecule has 8 heteroatoms. The Morgan fingerprint density at radius 2 is 1.68 bits per heavy atom. The van der Waals surface area contributed by atoms with E-state index in [4.69, 9.17) is 4.74 Å². The van der Waals surface area contributed by atoms with Crippen molar-refractivity contribution in [3.63, 3.8) is 0 Å². The number of pyridine rings is 2. The zero-order chi connectivity index (χ0) is 17.8. The molecule has 0 aliphatic rings. The van der Waals surface area contributed by atoms with Crippen molar-refractivity contribution in [2.75, 3.05) is 5.32 Å². The Balaban J connectivity index is 1.79. The molecule has 4 nitrogen and oxygen atoms in total. The highest BCUT2D eigenvalue weighted by Gasteiger charge is 2.20. The van der Waals surface area contributed by atoms with Gasteiger partial charge in [0.05, 0.1) is 5.69 Å². The van der Waals surface area contributed by atoms with Crippen LogP contribution in [0.3, 0.4) is 0 Å². The van der Waals surface area contributed by atoms with Crippen LogP contribution in [0, 0.1) is 23.5 Å². The third-order valence-corrected chi connectivity index (χ3v) is 3.21. The summed E-state index contributed by atoms with van der Waals surface area (Å²) in [6, 6.07) is 11.4. The highest BCUT2D eigenvalue weighted by molar-refractivity contribution is 5.62. The second-order valence-corrected chi connectivity index (χ2v) is 4.96. The number of hydrogen-bond acceptors (Lipinski definition) is 4. The zero-order valence-electron chi connectivity index (χ0n) is 12.6. The van der Waals surface area contributed by atoms with Crippen LogP contribution < -0.4 is 10.1 Å². The van der Waals surface area contributed by atoms with Gasteiger partial charge in [0.1, 0.15) is 18.0 Å². The smallest absolute Gasteiger partial charge is 0.253 e. The molecule has 2 heterocycles. The summed E-state index contributed by atoms with van der Waals surface area (Å²) >= 11 is 0. The first-order valence-corrected chi connectivity index (χ1v) is 7.14. The molecule has 0 aliphatic heterocycles. The van der Waals surface area contributed by atoms with Crippen molar-refractivity contribution in [3.8, 4) is 5.75 Å². The van der Waals surface area contributed by atoms with Gasteiger partial charge in [-0.25, -0.2) is 0 Å². The third kappa shape index (κ3) is 3.85. The predicted octanol–water partition coefficient (Wildman–Crippen LogP) is 4.36. The van der Waals surface area contributed by atoms with E-state index in [0.29, 0.717) is 11.4 Å². The molecule has 1 N–H and O–H groups in total. The van der Waals surface area contributed by atoms with Crippen LogP contribution in [0.4, 0.5) is 28.9 Å². The maximum atomic E-state index is 13.7. The van der Waals surface area contributed by atoms with Crippen LogP contribution in [-0.2, 0) is 6.61 Å². The van der Waals surface area contributed by atoms with E-state index in [1.807, 2.05) is 6.07 Å². The van der Waals surface area contributed by atoms with E-state index in [9.17, 15) is 17.6 Å².